The number of nitrogens with zero attached hydrogens (tertiary/aromatic N) is 3. The molecule has 2 heterocycles. The number of hydrogen-bond donors (Lipinski definition) is 2. The van der Waals surface area contributed by atoms with Crippen LogP contribution < -0.4 is 9.46 Å². The van der Waals surface area contributed by atoms with E-state index in [1.165, 1.54) is 0 Å². The Morgan fingerprint density at radius 2 is 1.94 bits per heavy atom. The number of rotatable bonds is 13. The highest BCUT2D eigenvalue weighted by Gasteiger charge is 2.24. The maximum atomic E-state index is 12.8. The lowest BCUT2D eigenvalue weighted by molar-refractivity contribution is 0.304. The number of aromatic nitrogens is 3. The summed E-state index contributed by atoms with van der Waals surface area (Å²) in [6, 6.07) is 10.9. The first-order valence-corrected chi connectivity index (χ1v) is 13.3. The average Bonchev–Trinajstić information content (AvgIpc) is 3.48. The number of aromatic amines is 1. The maximum absolute atomic E-state index is 12.8. The summed E-state index contributed by atoms with van der Waals surface area (Å²) in [5.74, 6) is 1.83. The molecule has 1 aromatic carbocycles. The molecular weight excluding hydrogens is 446 g/mol. The fourth-order valence-electron chi connectivity index (χ4n) is 3.42. The molecule has 174 valence electrons. The van der Waals surface area contributed by atoms with E-state index in [1.807, 2.05) is 41.8 Å². The third-order valence-electron chi connectivity index (χ3n) is 5.27. The number of thiophene rings is 1. The minimum Gasteiger partial charge on any atom is -0.497 e. The average molecular weight is 478 g/mol. The lowest BCUT2D eigenvalue weighted by Gasteiger charge is -2.19. The van der Waals surface area contributed by atoms with Gasteiger partial charge in [-0.1, -0.05) is 19.9 Å². The van der Waals surface area contributed by atoms with Gasteiger partial charge in [0.2, 0.25) is 10.0 Å². The summed E-state index contributed by atoms with van der Waals surface area (Å²) in [4.78, 5) is 7.89. The van der Waals surface area contributed by atoms with Gasteiger partial charge in [-0.2, -0.15) is 5.10 Å². The molecule has 0 spiro atoms. The molecule has 0 unspecified atom stereocenters. The van der Waals surface area contributed by atoms with Gasteiger partial charge in [0.05, 0.1) is 18.9 Å². The van der Waals surface area contributed by atoms with E-state index in [-0.39, 0.29) is 5.75 Å². The third-order valence-corrected chi connectivity index (χ3v) is 7.64. The van der Waals surface area contributed by atoms with E-state index < -0.39 is 16.1 Å². The van der Waals surface area contributed by atoms with Crippen LogP contribution >= 0.6 is 11.3 Å². The Hall–Kier alpha value is -2.27. The number of hydrogen-bond acceptors (Lipinski definition) is 7. The van der Waals surface area contributed by atoms with Crippen LogP contribution in [0.25, 0.3) is 11.4 Å². The predicted octanol–water partition coefficient (Wildman–Crippen LogP) is 3.48. The monoisotopic (exact) mass is 477 g/mol. The molecule has 1 atom stereocenters. The van der Waals surface area contributed by atoms with Crippen molar-refractivity contribution in [3.05, 3.63) is 52.5 Å². The zero-order valence-corrected chi connectivity index (χ0v) is 20.4. The van der Waals surface area contributed by atoms with Gasteiger partial charge in [0.15, 0.2) is 5.82 Å². The van der Waals surface area contributed by atoms with Crippen molar-refractivity contribution in [2.75, 3.05) is 32.5 Å². The first-order valence-electron chi connectivity index (χ1n) is 10.8. The molecule has 0 fully saturated rings. The third kappa shape index (κ3) is 6.86. The van der Waals surface area contributed by atoms with E-state index in [0.29, 0.717) is 24.5 Å². The molecule has 3 rings (SSSR count). The van der Waals surface area contributed by atoms with Gasteiger partial charge in [0.1, 0.15) is 11.6 Å². The zero-order valence-electron chi connectivity index (χ0n) is 18.7. The number of methoxy groups -OCH3 is 1. The number of H-pyrrole nitrogens is 1. The first-order chi connectivity index (χ1) is 15.4. The van der Waals surface area contributed by atoms with E-state index >= 15 is 0 Å². The van der Waals surface area contributed by atoms with Crippen molar-refractivity contribution in [2.45, 2.75) is 32.7 Å². The number of nitrogens with one attached hydrogen (secondary N) is 2. The minimum absolute atomic E-state index is 0.0733. The second-order valence-corrected chi connectivity index (χ2v) is 10.3. The van der Waals surface area contributed by atoms with E-state index in [0.717, 1.165) is 35.8 Å². The van der Waals surface area contributed by atoms with E-state index in [9.17, 15) is 8.42 Å². The Kier molecular flexibility index (Phi) is 8.80. The fourth-order valence-corrected chi connectivity index (χ4v) is 5.42. The van der Waals surface area contributed by atoms with Gasteiger partial charge in [-0.25, -0.2) is 18.1 Å². The van der Waals surface area contributed by atoms with Gasteiger partial charge >= 0.3 is 0 Å². The predicted molar refractivity (Wildman–Crippen MR) is 128 cm³/mol. The van der Waals surface area contributed by atoms with Gasteiger partial charge in [-0.15, -0.1) is 11.3 Å². The molecule has 32 heavy (non-hydrogen) atoms. The highest BCUT2D eigenvalue weighted by atomic mass is 32.2. The van der Waals surface area contributed by atoms with E-state index in [4.69, 9.17) is 4.74 Å². The summed E-state index contributed by atoms with van der Waals surface area (Å²) >= 11 is 1.59. The quantitative estimate of drug-likeness (QED) is 0.391. The molecule has 3 aromatic rings. The highest BCUT2D eigenvalue weighted by Crippen LogP contribution is 2.23. The molecule has 2 N–H and O–H groups in total. The van der Waals surface area contributed by atoms with Gasteiger partial charge in [-0.05, 0) is 61.8 Å². The lowest BCUT2D eigenvalue weighted by atomic mass is 10.2. The van der Waals surface area contributed by atoms with Crippen molar-refractivity contribution in [1.29, 1.82) is 0 Å². The molecule has 0 saturated heterocycles. The topological polar surface area (TPSA) is 100 Å². The summed E-state index contributed by atoms with van der Waals surface area (Å²) in [6.07, 6.45) is 1.08. The molecule has 0 bridgehead atoms. The van der Waals surface area contributed by atoms with Crippen molar-refractivity contribution in [2.24, 2.45) is 0 Å². The standard InChI is InChI=1S/C22H31N5O3S2/c1-4-27(5-2)13-7-15-32(28,29)26-20(16-19-8-6-14-31-19)22-23-21(24-25-22)17-9-11-18(30-3)12-10-17/h6,8-12,14,20,26H,4-5,7,13,15-16H2,1-3H3,(H,23,24,25)/t20-/m0/s1. The van der Waals surface area contributed by atoms with Crippen LogP contribution in [0.5, 0.6) is 5.75 Å². The van der Waals surface area contributed by atoms with Crippen molar-refractivity contribution in [1.82, 2.24) is 24.8 Å². The molecule has 0 aliphatic heterocycles. The van der Waals surface area contributed by atoms with Crippen LogP contribution in [0.4, 0.5) is 0 Å². The highest BCUT2D eigenvalue weighted by molar-refractivity contribution is 7.89. The van der Waals surface area contributed by atoms with Gasteiger partial charge in [-0.3, -0.25) is 5.10 Å². The first kappa shape index (κ1) is 24.4. The second-order valence-electron chi connectivity index (χ2n) is 7.43. The Balaban J connectivity index is 1.75. The van der Waals surface area contributed by atoms with Crippen LogP contribution in [-0.4, -0.2) is 61.0 Å². The summed E-state index contributed by atoms with van der Waals surface area (Å²) in [5, 5.41) is 9.23. The summed E-state index contributed by atoms with van der Waals surface area (Å²) in [5.41, 5.74) is 0.824. The number of benzene rings is 1. The molecule has 0 saturated carbocycles. The summed E-state index contributed by atoms with van der Waals surface area (Å²) in [6.45, 7) is 6.75. The fraction of sp³-hybridized carbons (Fsp3) is 0.455. The van der Waals surface area contributed by atoms with Crippen LogP contribution in [0, 0.1) is 0 Å². The molecule has 8 nitrogen and oxygen atoms in total. The van der Waals surface area contributed by atoms with Crippen LogP contribution in [0.1, 0.15) is 37.0 Å². The summed E-state index contributed by atoms with van der Waals surface area (Å²) < 4.78 is 33.7. The molecule has 0 aliphatic carbocycles. The molecule has 2 aromatic heterocycles. The largest absolute Gasteiger partial charge is 0.497 e. The molecule has 0 aliphatic rings. The normalized spacial score (nSPS) is 12.9. The Labute approximate surface area is 194 Å². The van der Waals surface area contributed by atoms with Crippen molar-refractivity contribution >= 4 is 21.4 Å². The van der Waals surface area contributed by atoms with E-state index in [2.05, 4.69) is 38.7 Å². The Bertz CT molecular complexity index is 1050. The van der Waals surface area contributed by atoms with Gasteiger partial charge < -0.3 is 9.64 Å². The number of sulfonamides is 1. The van der Waals surface area contributed by atoms with Crippen LogP contribution in [0.2, 0.25) is 0 Å². The SMILES string of the molecule is CCN(CC)CCCS(=O)(=O)N[C@@H](Cc1cccs1)c1nc(-c2ccc(OC)cc2)n[nH]1. The van der Waals surface area contributed by atoms with Crippen molar-refractivity contribution < 1.29 is 13.2 Å². The molecular formula is C22H31N5O3S2. The Morgan fingerprint density at radius 3 is 2.56 bits per heavy atom. The molecule has 10 heteroatoms. The van der Waals surface area contributed by atoms with E-state index in [1.54, 1.807) is 18.4 Å². The van der Waals surface area contributed by atoms with Gasteiger partial charge in [0.25, 0.3) is 0 Å². The second kappa shape index (κ2) is 11.6. The molecule has 0 radical (unpaired) electrons. The zero-order chi connectivity index (χ0) is 23.0. The molecule has 0 amide bonds. The van der Waals surface area contributed by atoms with Gasteiger partial charge in [0, 0.05) is 16.9 Å². The Morgan fingerprint density at radius 1 is 1.19 bits per heavy atom. The minimum atomic E-state index is -3.48. The van der Waals surface area contributed by atoms with Crippen molar-refractivity contribution in [3.8, 4) is 17.1 Å². The lowest BCUT2D eigenvalue weighted by Crippen LogP contribution is -2.34. The van der Waals surface area contributed by atoms with Crippen LogP contribution in [-0.2, 0) is 16.4 Å². The van der Waals surface area contributed by atoms with Crippen LogP contribution in [0.15, 0.2) is 41.8 Å². The van der Waals surface area contributed by atoms with Crippen LogP contribution in [0.3, 0.4) is 0 Å². The number of ether oxygens (including phenoxy) is 1. The maximum Gasteiger partial charge on any atom is 0.212 e. The smallest absolute Gasteiger partial charge is 0.212 e. The van der Waals surface area contributed by atoms with Crippen molar-refractivity contribution in [3.63, 3.8) is 0 Å². The summed E-state index contributed by atoms with van der Waals surface area (Å²) in [7, 11) is -1.87.